The van der Waals surface area contributed by atoms with Crippen LogP contribution in [0, 0.1) is 5.92 Å². The number of para-hydroxylation sites is 2. The van der Waals surface area contributed by atoms with Crippen LogP contribution in [0.3, 0.4) is 0 Å². The Labute approximate surface area is 177 Å². The van der Waals surface area contributed by atoms with Crippen molar-refractivity contribution in [2.45, 2.75) is 64.1 Å². The van der Waals surface area contributed by atoms with Gasteiger partial charge in [-0.2, -0.15) is 0 Å². The average Bonchev–Trinajstić information content (AvgIpc) is 3.11. The normalized spacial score (nSPS) is 26.6. The molecule has 1 aromatic heterocycles. The molecule has 1 aromatic carbocycles. The number of nitrogens with zero attached hydrogens (tertiary/aromatic N) is 3. The maximum absolute atomic E-state index is 13.6. The van der Waals surface area contributed by atoms with Gasteiger partial charge in [-0.1, -0.05) is 31.9 Å². The smallest absolute Gasteiger partial charge is 0.290 e. The molecule has 2 aromatic rings. The Morgan fingerprint density at radius 2 is 2.07 bits per heavy atom. The molecular weight excluding hydrogens is 380 g/mol. The monoisotopic (exact) mass is 412 g/mol. The van der Waals surface area contributed by atoms with Gasteiger partial charge >= 0.3 is 0 Å². The fraction of sp³-hybridized carbons (Fsp3) is 0.609. The van der Waals surface area contributed by atoms with Crippen LogP contribution < -0.4 is 5.32 Å². The van der Waals surface area contributed by atoms with Gasteiger partial charge in [0.25, 0.3) is 5.91 Å². The van der Waals surface area contributed by atoms with E-state index in [0.29, 0.717) is 37.9 Å². The van der Waals surface area contributed by atoms with Gasteiger partial charge in [-0.25, -0.2) is 4.98 Å². The van der Waals surface area contributed by atoms with Gasteiger partial charge in [0.2, 0.25) is 5.91 Å². The summed E-state index contributed by atoms with van der Waals surface area (Å²) < 4.78 is 7.10. The molecule has 1 N–H and O–H groups in total. The molecule has 7 heteroatoms. The van der Waals surface area contributed by atoms with Crippen LogP contribution in [0.25, 0.3) is 11.0 Å². The lowest BCUT2D eigenvalue weighted by atomic mass is 9.85. The Hall–Kier alpha value is -2.41. The van der Waals surface area contributed by atoms with Crippen molar-refractivity contribution in [3.05, 3.63) is 30.1 Å². The van der Waals surface area contributed by atoms with Crippen LogP contribution in [0.4, 0.5) is 0 Å². The van der Waals surface area contributed by atoms with Crippen LogP contribution >= 0.6 is 0 Å². The quantitative estimate of drug-likeness (QED) is 0.740. The van der Waals surface area contributed by atoms with Crippen molar-refractivity contribution in [2.24, 2.45) is 5.92 Å². The highest BCUT2D eigenvalue weighted by Gasteiger charge is 2.48. The van der Waals surface area contributed by atoms with E-state index in [4.69, 9.17) is 4.74 Å². The second kappa shape index (κ2) is 8.38. The first-order valence-corrected chi connectivity index (χ1v) is 11.0. The number of hydrogen-bond acceptors (Lipinski definition) is 4. The SMILES string of the molecule is COCCCN1C(=O)c2nc3ccccc3n2C[C@]1(C)C(=O)N[C@@H]1CCCC[C@@H]1C. The largest absolute Gasteiger partial charge is 0.385 e. The van der Waals surface area contributed by atoms with Gasteiger partial charge in [0.15, 0.2) is 5.82 Å². The standard InChI is InChI=1S/C23H32N4O3/c1-16-9-4-5-10-17(16)25-22(29)23(2)15-26-19-12-7-6-11-18(19)24-20(26)21(28)27(23)13-8-14-30-3/h6-7,11-12,16-17H,4-5,8-10,13-15H2,1-3H3,(H,25,29)/t16-,17+,23+/m0/s1. The molecule has 4 rings (SSSR count). The molecule has 0 radical (unpaired) electrons. The van der Waals surface area contributed by atoms with Crippen molar-refractivity contribution in [1.82, 2.24) is 19.8 Å². The number of methoxy groups -OCH3 is 1. The van der Waals surface area contributed by atoms with E-state index in [2.05, 4.69) is 17.2 Å². The summed E-state index contributed by atoms with van der Waals surface area (Å²) in [6, 6.07) is 7.89. The minimum absolute atomic E-state index is 0.0737. The number of imidazole rings is 1. The first-order valence-electron chi connectivity index (χ1n) is 11.0. The predicted octanol–water partition coefficient (Wildman–Crippen LogP) is 2.98. The maximum atomic E-state index is 13.6. The second-order valence-corrected chi connectivity index (χ2v) is 8.93. The van der Waals surface area contributed by atoms with Crippen LogP contribution in [0.15, 0.2) is 24.3 Å². The van der Waals surface area contributed by atoms with Gasteiger partial charge < -0.3 is 19.5 Å². The Kier molecular flexibility index (Phi) is 5.82. The summed E-state index contributed by atoms with van der Waals surface area (Å²) in [6.45, 7) is 5.49. The van der Waals surface area contributed by atoms with Crippen LogP contribution in [0.5, 0.6) is 0 Å². The van der Waals surface area contributed by atoms with E-state index in [-0.39, 0.29) is 17.9 Å². The number of nitrogens with one attached hydrogen (secondary N) is 1. The third kappa shape index (κ3) is 3.60. The van der Waals surface area contributed by atoms with Gasteiger partial charge in [0.05, 0.1) is 17.6 Å². The second-order valence-electron chi connectivity index (χ2n) is 8.93. The summed E-state index contributed by atoms with van der Waals surface area (Å²) in [7, 11) is 1.65. The molecule has 2 amide bonds. The molecule has 1 aliphatic heterocycles. The highest BCUT2D eigenvalue weighted by atomic mass is 16.5. The number of rotatable bonds is 6. The van der Waals surface area contributed by atoms with E-state index >= 15 is 0 Å². The lowest BCUT2D eigenvalue weighted by molar-refractivity contribution is -0.134. The van der Waals surface area contributed by atoms with Crippen molar-refractivity contribution in [3.8, 4) is 0 Å². The maximum Gasteiger partial charge on any atom is 0.290 e. The Balaban J connectivity index is 1.68. The molecule has 0 unspecified atom stereocenters. The molecule has 162 valence electrons. The fourth-order valence-electron chi connectivity index (χ4n) is 4.90. The van der Waals surface area contributed by atoms with Crippen molar-refractivity contribution in [2.75, 3.05) is 20.3 Å². The van der Waals surface area contributed by atoms with Gasteiger partial charge in [0, 0.05) is 26.3 Å². The molecule has 0 bridgehead atoms. The average molecular weight is 413 g/mol. The number of benzene rings is 1. The van der Waals surface area contributed by atoms with Crippen molar-refractivity contribution >= 4 is 22.8 Å². The lowest BCUT2D eigenvalue weighted by Gasteiger charge is -2.44. The molecule has 1 saturated carbocycles. The molecule has 2 heterocycles. The summed E-state index contributed by atoms with van der Waals surface area (Å²) >= 11 is 0. The zero-order valence-corrected chi connectivity index (χ0v) is 18.2. The van der Waals surface area contributed by atoms with Crippen molar-refractivity contribution in [3.63, 3.8) is 0 Å². The molecule has 1 fully saturated rings. The molecule has 2 aliphatic rings. The summed E-state index contributed by atoms with van der Waals surface area (Å²) in [5.74, 6) is 0.598. The minimum Gasteiger partial charge on any atom is -0.385 e. The number of carbonyl (C=O) groups excluding carboxylic acids is 2. The zero-order chi connectivity index (χ0) is 21.3. The third-order valence-electron chi connectivity index (χ3n) is 6.80. The molecule has 30 heavy (non-hydrogen) atoms. The molecule has 7 nitrogen and oxygen atoms in total. The molecule has 3 atom stereocenters. The Morgan fingerprint density at radius 3 is 2.83 bits per heavy atom. The van der Waals surface area contributed by atoms with Crippen LogP contribution in [-0.4, -0.2) is 58.1 Å². The summed E-state index contributed by atoms with van der Waals surface area (Å²) in [4.78, 5) is 33.4. The van der Waals surface area contributed by atoms with Crippen LogP contribution in [-0.2, 0) is 16.1 Å². The van der Waals surface area contributed by atoms with E-state index in [1.807, 2.05) is 35.8 Å². The van der Waals surface area contributed by atoms with Crippen LogP contribution in [0.2, 0.25) is 0 Å². The third-order valence-corrected chi connectivity index (χ3v) is 6.80. The number of amides is 2. The van der Waals surface area contributed by atoms with Crippen LogP contribution in [0.1, 0.15) is 56.6 Å². The highest BCUT2D eigenvalue weighted by Crippen LogP contribution is 2.32. The van der Waals surface area contributed by atoms with Crippen molar-refractivity contribution < 1.29 is 14.3 Å². The topological polar surface area (TPSA) is 76.5 Å². The summed E-state index contributed by atoms with van der Waals surface area (Å²) in [6.07, 6.45) is 5.16. The predicted molar refractivity (Wildman–Crippen MR) is 115 cm³/mol. The number of carbonyl (C=O) groups is 2. The Bertz CT molecular complexity index is 940. The Morgan fingerprint density at radius 1 is 1.30 bits per heavy atom. The number of hydrogen-bond donors (Lipinski definition) is 1. The van der Waals surface area contributed by atoms with Gasteiger partial charge in [-0.3, -0.25) is 9.59 Å². The van der Waals surface area contributed by atoms with Gasteiger partial charge in [-0.05, 0) is 44.2 Å². The number of fused-ring (bicyclic) bond motifs is 3. The minimum atomic E-state index is -0.974. The van der Waals surface area contributed by atoms with E-state index in [1.54, 1.807) is 12.0 Å². The molecular formula is C23H32N4O3. The molecule has 1 aliphatic carbocycles. The first-order chi connectivity index (χ1) is 14.5. The van der Waals surface area contributed by atoms with E-state index in [1.165, 1.54) is 6.42 Å². The lowest BCUT2D eigenvalue weighted by Crippen LogP contribution is -2.65. The molecule has 0 saturated heterocycles. The van der Waals surface area contributed by atoms with Crippen molar-refractivity contribution in [1.29, 1.82) is 0 Å². The van der Waals surface area contributed by atoms with E-state index in [0.717, 1.165) is 30.3 Å². The zero-order valence-electron chi connectivity index (χ0n) is 18.2. The van der Waals surface area contributed by atoms with Gasteiger partial charge in [-0.15, -0.1) is 0 Å². The summed E-state index contributed by atoms with van der Waals surface area (Å²) in [5.41, 5.74) is 0.698. The summed E-state index contributed by atoms with van der Waals surface area (Å²) in [5, 5.41) is 3.29. The number of ether oxygens (including phenoxy) is 1. The highest BCUT2D eigenvalue weighted by molar-refractivity contribution is 6.01. The van der Waals surface area contributed by atoms with Gasteiger partial charge in [0.1, 0.15) is 5.54 Å². The number of aromatic nitrogens is 2. The van der Waals surface area contributed by atoms with E-state index in [9.17, 15) is 9.59 Å². The fourth-order valence-corrected chi connectivity index (χ4v) is 4.90. The molecule has 0 spiro atoms. The first kappa shape index (κ1) is 20.8. The van der Waals surface area contributed by atoms with E-state index < -0.39 is 5.54 Å².